The van der Waals surface area contributed by atoms with Crippen molar-refractivity contribution in [1.82, 2.24) is 20.5 Å². The third-order valence-electron chi connectivity index (χ3n) is 4.68. The molecule has 0 aliphatic heterocycles. The van der Waals surface area contributed by atoms with E-state index < -0.39 is 0 Å². The molecule has 0 saturated heterocycles. The van der Waals surface area contributed by atoms with Crippen LogP contribution in [0.15, 0.2) is 29.4 Å². The Kier molecular flexibility index (Phi) is 10.5. The lowest BCUT2D eigenvalue weighted by Crippen LogP contribution is -2.46. The number of amides is 1. The van der Waals surface area contributed by atoms with Crippen molar-refractivity contribution >= 4 is 11.9 Å². The Morgan fingerprint density at radius 1 is 1.26 bits per heavy atom. The molecule has 27 heavy (non-hydrogen) atoms. The first-order valence-electron chi connectivity index (χ1n) is 9.96. The number of nitrogens with one attached hydrogen (secondary N) is 2. The first kappa shape index (κ1) is 22.9. The Labute approximate surface area is 164 Å². The van der Waals surface area contributed by atoms with Crippen molar-refractivity contribution in [2.24, 2.45) is 10.4 Å². The van der Waals surface area contributed by atoms with Gasteiger partial charge in [0.25, 0.3) is 0 Å². The molecule has 0 fully saturated rings. The number of likely N-dealkylation sites (N-methyl/N-ethyl adjacent to an activating group) is 1. The summed E-state index contributed by atoms with van der Waals surface area (Å²) in [6, 6.07) is 5.84. The summed E-state index contributed by atoms with van der Waals surface area (Å²) in [4.78, 5) is 22.6. The molecule has 1 heterocycles. The summed E-state index contributed by atoms with van der Waals surface area (Å²) in [5, 5.41) is 6.47. The number of guanidine groups is 1. The molecule has 1 amide bonds. The fourth-order valence-corrected chi connectivity index (χ4v) is 2.73. The maximum atomic E-state index is 12.3. The third kappa shape index (κ3) is 9.97. The second-order valence-corrected chi connectivity index (χ2v) is 7.79. The predicted molar refractivity (Wildman–Crippen MR) is 113 cm³/mol. The van der Waals surface area contributed by atoms with E-state index in [4.69, 9.17) is 0 Å². The quantitative estimate of drug-likeness (QED) is 0.354. The Morgan fingerprint density at radius 2 is 2.04 bits per heavy atom. The van der Waals surface area contributed by atoms with Gasteiger partial charge in [-0.2, -0.15) is 0 Å². The maximum Gasteiger partial charge on any atom is 0.241 e. The number of unbranched alkanes of at least 4 members (excludes halogenated alkanes) is 2. The fraction of sp³-hybridized carbons (Fsp3) is 0.667. The molecule has 1 aromatic heterocycles. The van der Waals surface area contributed by atoms with Crippen LogP contribution >= 0.6 is 0 Å². The van der Waals surface area contributed by atoms with E-state index in [9.17, 15) is 4.79 Å². The lowest BCUT2D eigenvalue weighted by Gasteiger charge is -2.26. The Morgan fingerprint density at radius 3 is 2.67 bits per heavy atom. The van der Waals surface area contributed by atoms with Crippen LogP contribution in [-0.2, 0) is 11.2 Å². The molecule has 0 unspecified atom stereocenters. The van der Waals surface area contributed by atoms with Crippen LogP contribution in [0.3, 0.4) is 0 Å². The molecule has 6 nitrogen and oxygen atoms in total. The van der Waals surface area contributed by atoms with Crippen molar-refractivity contribution in [3.63, 3.8) is 0 Å². The Bertz CT molecular complexity index is 571. The molecule has 6 heteroatoms. The maximum absolute atomic E-state index is 12.3. The molecular weight excluding hydrogens is 338 g/mol. The average Bonchev–Trinajstić information content (AvgIpc) is 2.66. The van der Waals surface area contributed by atoms with Crippen LogP contribution in [0.4, 0.5) is 0 Å². The van der Waals surface area contributed by atoms with E-state index in [1.165, 1.54) is 25.7 Å². The monoisotopic (exact) mass is 375 g/mol. The van der Waals surface area contributed by atoms with Crippen LogP contribution in [0.2, 0.25) is 0 Å². The number of aliphatic imine (C=N–C) groups is 1. The first-order valence-corrected chi connectivity index (χ1v) is 9.96. The number of aromatic nitrogens is 1. The molecule has 0 saturated carbocycles. The van der Waals surface area contributed by atoms with E-state index in [0.717, 1.165) is 18.7 Å². The number of carbonyl (C=O) groups is 1. The molecule has 1 aromatic rings. The van der Waals surface area contributed by atoms with Gasteiger partial charge in [-0.3, -0.25) is 14.8 Å². The lowest BCUT2D eigenvalue weighted by molar-refractivity contribution is -0.128. The topological polar surface area (TPSA) is 69.6 Å². The lowest BCUT2D eigenvalue weighted by atomic mass is 9.87. The summed E-state index contributed by atoms with van der Waals surface area (Å²) in [6.45, 7) is 8.46. The van der Waals surface area contributed by atoms with E-state index in [2.05, 4.69) is 41.4 Å². The van der Waals surface area contributed by atoms with Gasteiger partial charge in [-0.15, -0.1) is 0 Å². The summed E-state index contributed by atoms with van der Waals surface area (Å²) in [6.07, 6.45) is 7.47. The van der Waals surface area contributed by atoms with Crippen LogP contribution in [0.5, 0.6) is 0 Å². The minimum absolute atomic E-state index is 0.0380. The second-order valence-electron chi connectivity index (χ2n) is 7.79. The minimum atomic E-state index is 0.0380. The standard InChI is InChI=1S/C21H37N5O/c1-6-7-9-13-21(2,3)17-25-20(22-4)24-16-19(27)26(5)15-12-18-11-8-10-14-23-18/h8,10-11,14H,6-7,9,12-13,15-17H2,1-5H3,(H2,22,24,25). The van der Waals surface area contributed by atoms with Crippen molar-refractivity contribution in [3.8, 4) is 0 Å². The van der Waals surface area contributed by atoms with Crippen molar-refractivity contribution in [1.29, 1.82) is 0 Å². The second kappa shape index (κ2) is 12.3. The largest absolute Gasteiger partial charge is 0.356 e. The molecule has 0 spiro atoms. The summed E-state index contributed by atoms with van der Waals surface area (Å²) in [5.41, 5.74) is 1.20. The van der Waals surface area contributed by atoms with Crippen LogP contribution in [0.25, 0.3) is 0 Å². The van der Waals surface area contributed by atoms with Gasteiger partial charge in [-0.1, -0.05) is 46.1 Å². The van der Waals surface area contributed by atoms with Crippen molar-refractivity contribution in [2.45, 2.75) is 52.9 Å². The summed E-state index contributed by atoms with van der Waals surface area (Å²) >= 11 is 0. The van der Waals surface area contributed by atoms with Gasteiger partial charge in [0, 0.05) is 45.5 Å². The zero-order valence-corrected chi connectivity index (χ0v) is 17.7. The van der Waals surface area contributed by atoms with Gasteiger partial charge in [0.1, 0.15) is 0 Å². The zero-order chi connectivity index (χ0) is 20.1. The summed E-state index contributed by atoms with van der Waals surface area (Å²) in [7, 11) is 3.55. The normalized spacial score (nSPS) is 12.0. The highest BCUT2D eigenvalue weighted by atomic mass is 16.2. The number of nitrogens with zero attached hydrogens (tertiary/aromatic N) is 3. The molecule has 1 rings (SSSR count). The SMILES string of the molecule is CCCCCC(C)(C)CNC(=NC)NCC(=O)N(C)CCc1ccccn1. The molecule has 2 N–H and O–H groups in total. The molecule has 152 valence electrons. The number of pyridine rings is 1. The molecule has 0 aromatic carbocycles. The number of carbonyl (C=O) groups excluding carboxylic acids is 1. The number of hydrogen-bond donors (Lipinski definition) is 2. The van der Waals surface area contributed by atoms with Crippen LogP contribution in [-0.4, -0.2) is 55.5 Å². The van der Waals surface area contributed by atoms with E-state index >= 15 is 0 Å². The van der Waals surface area contributed by atoms with Gasteiger partial charge in [0.2, 0.25) is 5.91 Å². The molecule has 0 atom stereocenters. The number of hydrogen-bond acceptors (Lipinski definition) is 3. The minimum Gasteiger partial charge on any atom is -0.356 e. The number of rotatable bonds is 11. The third-order valence-corrected chi connectivity index (χ3v) is 4.68. The average molecular weight is 376 g/mol. The zero-order valence-electron chi connectivity index (χ0n) is 17.7. The van der Waals surface area contributed by atoms with Gasteiger partial charge in [0.15, 0.2) is 5.96 Å². The molecular formula is C21H37N5O. The van der Waals surface area contributed by atoms with Gasteiger partial charge < -0.3 is 15.5 Å². The smallest absolute Gasteiger partial charge is 0.241 e. The van der Waals surface area contributed by atoms with E-state index in [1.807, 2.05) is 25.2 Å². The van der Waals surface area contributed by atoms with Gasteiger partial charge in [0.05, 0.1) is 6.54 Å². The van der Waals surface area contributed by atoms with E-state index in [1.54, 1.807) is 18.1 Å². The van der Waals surface area contributed by atoms with E-state index in [-0.39, 0.29) is 17.9 Å². The fourth-order valence-electron chi connectivity index (χ4n) is 2.73. The summed E-state index contributed by atoms with van der Waals surface area (Å²) in [5.74, 6) is 0.709. The Balaban J connectivity index is 2.32. The summed E-state index contributed by atoms with van der Waals surface area (Å²) < 4.78 is 0. The molecule has 0 bridgehead atoms. The molecule has 0 aliphatic rings. The van der Waals surface area contributed by atoms with Crippen LogP contribution in [0.1, 0.15) is 52.1 Å². The molecule has 0 radical (unpaired) electrons. The molecule has 0 aliphatic carbocycles. The first-order chi connectivity index (χ1) is 12.9. The van der Waals surface area contributed by atoms with Crippen LogP contribution < -0.4 is 10.6 Å². The predicted octanol–water partition coefficient (Wildman–Crippen LogP) is 2.85. The van der Waals surface area contributed by atoms with Crippen molar-refractivity contribution in [2.75, 3.05) is 33.7 Å². The van der Waals surface area contributed by atoms with Crippen molar-refractivity contribution < 1.29 is 4.79 Å². The highest BCUT2D eigenvalue weighted by Crippen LogP contribution is 2.22. The van der Waals surface area contributed by atoms with Gasteiger partial charge in [-0.05, 0) is 24.0 Å². The highest BCUT2D eigenvalue weighted by Gasteiger charge is 2.18. The van der Waals surface area contributed by atoms with Crippen LogP contribution in [0, 0.1) is 5.41 Å². The Hall–Kier alpha value is -2.11. The van der Waals surface area contributed by atoms with Gasteiger partial charge in [-0.25, -0.2) is 0 Å². The van der Waals surface area contributed by atoms with Gasteiger partial charge >= 0.3 is 0 Å². The van der Waals surface area contributed by atoms with E-state index in [0.29, 0.717) is 12.5 Å². The highest BCUT2D eigenvalue weighted by molar-refractivity contribution is 5.86. The van der Waals surface area contributed by atoms with Crippen molar-refractivity contribution in [3.05, 3.63) is 30.1 Å².